The van der Waals surface area contributed by atoms with E-state index in [-0.39, 0.29) is 0 Å². The molecule has 1 aromatic heterocycles. The summed E-state index contributed by atoms with van der Waals surface area (Å²) < 4.78 is 0.739. The second-order valence-electron chi connectivity index (χ2n) is 5.40. The van der Waals surface area contributed by atoms with Crippen LogP contribution in [0.15, 0.2) is 34.8 Å². The number of rotatable bonds is 3. The van der Waals surface area contributed by atoms with Gasteiger partial charge < -0.3 is 16.0 Å². The molecule has 5 heteroatoms. The van der Waals surface area contributed by atoms with Gasteiger partial charge in [0.05, 0.1) is 5.56 Å². The van der Waals surface area contributed by atoms with Crippen LogP contribution in [0.4, 0.5) is 5.69 Å². The van der Waals surface area contributed by atoms with Gasteiger partial charge in [-0.1, -0.05) is 6.07 Å². The van der Waals surface area contributed by atoms with E-state index in [9.17, 15) is 4.79 Å². The number of carbonyl (C=O) groups excluding carboxylic acids is 1. The lowest BCUT2D eigenvalue weighted by Gasteiger charge is -2.09. The number of nitrogens with one attached hydrogen (secondary N) is 2. The second kappa shape index (κ2) is 5.07. The molecule has 0 spiro atoms. The molecular weight excluding hydrogens is 330 g/mol. The zero-order valence-electron chi connectivity index (χ0n) is 11.8. The Hall–Kier alpha value is -2.01. The molecule has 0 aliphatic heterocycles. The lowest BCUT2D eigenvalue weighted by Crippen LogP contribution is -2.11. The number of halogens is 1. The quantitative estimate of drug-likeness (QED) is 0.671. The molecule has 0 unspecified atom stereocenters. The summed E-state index contributed by atoms with van der Waals surface area (Å²) in [5.41, 5.74) is 8.97. The van der Waals surface area contributed by atoms with Crippen molar-refractivity contribution in [3.05, 3.63) is 40.4 Å². The van der Waals surface area contributed by atoms with E-state index in [0.717, 1.165) is 32.0 Å². The van der Waals surface area contributed by atoms with E-state index in [1.165, 1.54) is 0 Å². The fourth-order valence-electron chi connectivity index (χ4n) is 2.57. The fourth-order valence-corrected chi connectivity index (χ4v) is 3.32. The summed E-state index contributed by atoms with van der Waals surface area (Å²) >= 11 is 3.51. The second-order valence-corrected chi connectivity index (χ2v) is 6.19. The van der Waals surface area contributed by atoms with Crippen molar-refractivity contribution >= 4 is 49.3 Å². The molecule has 0 aliphatic carbocycles. The Bertz CT molecular complexity index is 851. The first kappa shape index (κ1) is 13.9. The Morgan fingerprint density at radius 2 is 2.00 bits per heavy atom. The van der Waals surface area contributed by atoms with Crippen molar-refractivity contribution in [2.24, 2.45) is 5.73 Å². The first-order valence-corrected chi connectivity index (χ1v) is 7.57. The van der Waals surface area contributed by atoms with E-state index >= 15 is 0 Å². The van der Waals surface area contributed by atoms with E-state index in [4.69, 9.17) is 5.73 Å². The molecule has 0 bridgehead atoms. The number of amides is 1. The molecule has 1 heterocycles. The number of aromatic nitrogens is 1. The van der Waals surface area contributed by atoms with Crippen LogP contribution in [0, 0.1) is 0 Å². The maximum Gasteiger partial charge on any atom is 0.249 e. The van der Waals surface area contributed by atoms with Crippen LogP contribution < -0.4 is 11.1 Å². The van der Waals surface area contributed by atoms with Gasteiger partial charge >= 0.3 is 0 Å². The van der Waals surface area contributed by atoms with Gasteiger partial charge in [0.25, 0.3) is 0 Å². The van der Waals surface area contributed by atoms with Crippen LogP contribution in [0.5, 0.6) is 0 Å². The molecule has 21 heavy (non-hydrogen) atoms. The van der Waals surface area contributed by atoms with E-state index in [1.54, 1.807) is 6.07 Å². The van der Waals surface area contributed by atoms with Gasteiger partial charge in [0.2, 0.25) is 5.91 Å². The molecule has 0 atom stereocenters. The summed E-state index contributed by atoms with van der Waals surface area (Å²) in [6.07, 6.45) is 0. The molecule has 3 rings (SSSR count). The molecule has 0 fully saturated rings. The van der Waals surface area contributed by atoms with Gasteiger partial charge in [0, 0.05) is 38.0 Å². The van der Waals surface area contributed by atoms with Gasteiger partial charge in [-0.05, 0) is 54.0 Å². The molecule has 1 amide bonds. The molecule has 108 valence electrons. The Morgan fingerprint density at radius 3 is 2.67 bits per heavy atom. The van der Waals surface area contributed by atoms with Gasteiger partial charge in [0.15, 0.2) is 0 Å². The number of carbonyl (C=O) groups is 1. The predicted molar refractivity (Wildman–Crippen MR) is 90.8 cm³/mol. The predicted octanol–water partition coefficient (Wildman–Crippen LogP) is 4.00. The zero-order valence-corrected chi connectivity index (χ0v) is 13.4. The average Bonchev–Trinajstić information content (AvgIpc) is 2.76. The maximum atomic E-state index is 11.5. The third-order valence-corrected chi connectivity index (χ3v) is 4.24. The average molecular weight is 346 g/mol. The van der Waals surface area contributed by atoms with E-state index in [1.807, 2.05) is 12.1 Å². The van der Waals surface area contributed by atoms with Crippen molar-refractivity contribution < 1.29 is 4.79 Å². The van der Waals surface area contributed by atoms with Crippen LogP contribution in [0.2, 0.25) is 0 Å². The normalized spacial score (nSPS) is 11.4. The largest absolute Gasteiger partial charge is 0.383 e. The summed E-state index contributed by atoms with van der Waals surface area (Å²) in [7, 11) is 0. The molecule has 0 saturated carbocycles. The number of hydrogen-bond acceptors (Lipinski definition) is 2. The minimum absolute atomic E-state index is 0.375. The maximum absolute atomic E-state index is 11.5. The summed E-state index contributed by atoms with van der Waals surface area (Å²) in [6, 6.07) is 10.2. The molecule has 4 N–H and O–H groups in total. The molecule has 2 aromatic carbocycles. The van der Waals surface area contributed by atoms with Gasteiger partial charge in [0.1, 0.15) is 0 Å². The lowest BCUT2D eigenvalue weighted by molar-refractivity contribution is 0.0999. The SMILES string of the molecule is CC(C)Nc1ccc2c(c1)[nH]c1ccc(C(N)=O)c(Br)c12. The first-order chi connectivity index (χ1) is 9.97. The number of benzene rings is 2. The highest BCUT2D eigenvalue weighted by Gasteiger charge is 2.14. The van der Waals surface area contributed by atoms with Crippen molar-refractivity contribution in [2.75, 3.05) is 5.32 Å². The van der Waals surface area contributed by atoms with Crippen LogP contribution in [0.1, 0.15) is 24.2 Å². The number of primary amides is 1. The van der Waals surface area contributed by atoms with Crippen molar-refractivity contribution in [2.45, 2.75) is 19.9 Å². The third kappa shape index (κ3) is 2.38. The summed E-state index contributed by atoms with van der Waals surface area (Å²) in [6.45, 7) is 4.20. The summed E-state index contributed by atoms with van der Waals surface area (Å²) in [4.78, 5) is 14.8. The number of aromatic amines is 1. The summed E-state index contributed by atoms with van der Waals surface area (Å²) in [5.74, 6) is -0.434. The molecule has 0 saturated heterocycles. The van der Waals surface area contributed by atoms with Crippen molar-refractivity contribution in [3.63, 3.8) is 0 Å². The number of anilines is 1. The first-order valence-electron chi connectivity index (χ1n) is 6.77. The van der Waals surface area contributed by atoms with Crippen LogP contribution in [-0.2, 0) is 0 Å². The van der Waals surface area contributed by atoms with E-state index < -0.39 is 5.91 Å². The third-order valence-electron chi connectivity index (χ3n) is 3.42. The minimum Gasteiger partial charge on any atom is -0.383 e. The Labute approximate surface area is 130 Å². The van der Waals surface area contributed by atoms with Crippen LogP contribution >= 0.6 is 15.9 Å². The monoisotopic (exact) mass is 345 g/mol. The molecule has 0 aliphatic rings. The number of hydrogen-bond donors (Lipinski definition) is 3. The lowest BCUT2D eigenvalue weighted by atomic mass is 10.1. The molecule has 4 nitrogen and oxygen atoms in total. The number of fused-ring (bicyclic) bond motifs is 3. The highest BCUT2D eigenvalue weighted by molar-refractivity contribution is 9.10. The molecule has 0 radical (unpaired) electrons. The van der Waals surface area contributed by atoms with Crippen molar-refractivity contribution in [1.29, 1.82) is 0 Å². The summed E-state index contributed by atoms with van der Waals surface area (Å²) in [5, 5.41) is 5.43. The van der Waals surface area contributed by atoms with Crippen molar-refractivity contribution in [1.82, 2.24) is 4.98 Å². The minimum atomic E-state index is -0.434. The smallest absolute Gasteiger partial charge is 0.249 e. The van der Waals surface area contributed by atoms with Gasteiger partial charge in [-0.3, -0.25) is 4.79 Å². The number of nitrogens with two attached hydrogens (primary N) is 1. The zero-order chi connectivity index (χ0) is 15.1. The van der Waals surface area contributed by atoms with E-state index in [2.05, 4.69) is 52.2 Å². The van der Waals surface area contributed by atoms with Crippen molar-refractivity contribution in [3.8, 4) is 0 Å². The Morgan fingerprint density at radius 1 is 1.24 bits per heavy atom. The van der Waals surface area contributed by atoms with E-state index in [0.29, 0.717) is 11.6 Å². The highest BCUT2D eigenvalue weighted by Crippen LogP contribution is 2.35. The molecule has 3 aromatic rings. The topological polar surface area (TPSA) is 70.9 Å². The Balaban J connectivity index is 2.26. The van der Waals surface area contributed by atoms with Gasteiger partial charge in [-0.2, -0.15) is 0 Å². The Kier molecular flexibility index (Phi) is 3.37. The highest BCUT2D eigenvalue weighted by atomic mass is 79.9. The van der Waals surface area contributed by atoms with Crippen LogP contribution in [-0.4, -0.2) is 16.9 Å². The molecular formula is C16H16BrN3O. The van der Waals surface area contributed by atoms with Crippen LogP contribution in [0.25, 0.3) is 21.8 Å². The van der Waals surface area contributed by atoms with Gasteiger partial charge in [-0.15, -0.1) is 0 Å². The van der Waals surface area contributed by atoms with Crippen LogP contribution in [0.3, 0.4) is 0 Å². The van der Waals surface area contributed by atoms with Gasteiger partial charge in [-0.25, -0.2) is 0 Å². The number of H-pyrrole nitrogens is 1. The fraction of sp³-hybridized carbons (Fsp3) is 0.188. The standard InChI is InChI=1S/C16H16BrN3O/c1-8(2)19-9-3-4-10-13(7-9)20-12-6-5-11(16(18)21)15(17)14(10)12/h3-8,19-20H,1-2H3,(H2,18,21).